The predicted molar refractivity (Wildman–Crippen MR) is 37.9 cm³/mol. The minimum atomic E-state index is -4.54. The summed E-state index contributed by atoms with van der Waals surface area (Å²) in [5, 5.41) is 5.24. The summed E-state index contributed by atoms with van der Waals surface area (Å²) in [6.45, 7) is 0. The van der Waals surface area contributed by atoms with Gasteiger partial charge in [0.05, 0.1) is 11.8 Å². The number of nitrogens with zero attached hydrogens (tertiary/aromatic N) is 1. The third kappa shape index (κ3) is 2.68. The van der Waals surface area contributed by atoms with E-state index in [2.05, 4.69) is 10.2 Å². The van der Waals surface area contributed by atoms with Gasteiger partial charge in [0.1, 0.15) is 0 Å². The lowest BCUT2D eigenvalue weighted by Crippen LogP contribution is -2.08. The molecule has 0 spiro atoms. The molecular formula is C7H7F5N2. The van der Waals surface area contributed by atoms with Gasteiger partial charge in [-0.25, -0.2) is 8.78 Å². The molecule has 1 aromatic rings. The standard InChI is InChI=1S/C7H7F5N2/c8-6(9)2-1-5-4(3-13-14-5)7(10,11)12/h3,6H,1-2H2,(H,13,14). The van der Waals surface area contributed by atoms with Crippen LogP contribution in [0.25, 0.3) is 0 Å². The number of rotatable bonds is 3. The SMILES string of the molecule is FC(F)CCc1[nH]ncc1C(F)(F)F. The number of aryl methyl sites for hydroxylation is 1. The molecule has 14 heavy (non-hydrogen) atoms. The number of hydrogen-bond donors (Lipinski definition) is 1. The van der Waals surface area contributed by atoms with Gasteiger partial charge in [-0.15, -0.1) is 0 Å². The molecule has 7 heteroatoms. The van der Waals surface area contributed by atoms with Gasteiger partial charge in [-0.2, -0.15) is 18.3 Å². The van der Waals surface area contributed by atoms with E-state index in [1.165, 1.54) is 0 Å². The van der Waals surface area contributed by atoms with E-state index >= 15 is 0 Å². The monoisotopic (exact) mass is 214 g/mol. The van der Waals surface area contributed by atoms with Crippen LogP contribution < -0.4 is 0 Å². The van der Waals surface area contributed by atoms with Gasteiger partial charge in [0, 0.05) is 12.1 Å². The lowest BCUT2D eigenvalue weighted by atomic mass is 10.1. The predicted octanol–water partition coefficient (Wildman–Crippen LogP) is 2.63. The zero-order valence-electron chi connectivity index (χ0n) is 6.91. The fraction of sp³-hybridized carbons (Fsp3) is 0.571. The van der Waals surface area contributed by atoms with Gasteiger partial charge in [0.25, 0.3) is 0 Å². The Morgan fingerprint density at radius 3 is 2.50 bits per heavy atom. The Morgan fingerprint density at radius 1 is 1.36 bits per heavy atom. The Labute approximate surface area is 76.1 Å². The summed E-state index contributed by atoms with van der Waals surface area (Å²) in [4.78, 5) is 0. The summed E-state index contributed by atoms with van der Waals surface area (Å²) in [7, 11) is 0. The topological polar surface area (TPSA) is 28.7 Å². The molecule has 80 valence electrons. The first kappa shape index (κ1) is 10.9. The van der Waals surface area contributed by atoms with Crippen LogP contribution in [-0.2, 0) is 12.6 Å². The number of halogens is 5. The number of aromatic amines is 1. The van der Waals surface area contributed by atoms with Crippen molar-refractivity contribution in [2.45, 2.75) is 25.4 Å². The summed E-state index contributed by atoms with van der Waals surface area (Å²) in [6.07, 6.45) is -7.51. The normalized spacial score (nSPS) is 12.4. The Hall–Kier alpha value is -1.14. The third-order valence-electron chi connectivity index (χ3n) is 1.64. The van der Waals surface area contributed by atoms with E-state index < -0.39 is 24.6 Å². The van der Waals surface area contributed by atoms with E-state index in [1.54, 1.807) is 0 Å². The fourth-order valence-corrected chi connectivity index (χ4v) is 1.00. The third-order valence-corrected chi connectivity index (χ3v) is 1.64. The summed E-state index contributed by atoms with van der Waals surface area (Å²) < 4.78 is 60.0. The van der Waals surface area contributed by atoms with Crippen molar-refractivity contribution in [1.82, 2.24) is 10.2 Å². The van der Waals surface area contributed by atoms with E-state index in [4.69, 9.17) is 0 Å². The van der Waals surface area contributed by atoms with Crippen LogP contribution in [0.4, 0.5) is 22.0 Å². The van der Waals surface area contributed by atoms with Gasteiger partial charge in [-0.3, -0.25) is 5.10 Å². The lowest BCUT2D eigenvalue weighted by molar-refractivity contribution is -0.138. The lowest BCUT2D eigenvalue weighted by Gasteiger charge is -2.06. The van der Waals surface area contributed by atoms with Crippen molar-refractivity contribution in [2.75, 3.05) is 0 Å². The van der Waals surface area contributed by atoms with Gasteiger partial charge in [-0.1, -0.05) is 0 Å². The van der Waals surface area contributed by atoms with Gasteiger partial charge < -0.3 is 0 Å². The first-order chi connectivity index (χ1) is 6.41. The second-order valence-electron chi connectivity index (χ2n) is 2.69. The smallest absolute Gasteiger partial charge is 0.282 e. The molecule has 0 bridgehead atoms. The molecule has 0 amide bonds. The maximum atomic E-state index is 12.2. The highest BCUT2D eigenvalue weighted by Crippen LogP contribution is 2.31. The van der Waals surface area contributed by atoms with Crippen LogP contribution in [0.3, 0.4) is 0 Å². The minimum absolute atomic E-state index is 0.294. The van der Waals surface area contributed by atoms with Crippen molar-refractivity contribution in [3.05, 3.63) is 17.5 Å². The first-order valence-electron chi connectivity index (χ1n) is 3.79. The quantitative estimate of drug-likeness (QED) is 0.770. The highest BCUT2D eigenvalue weighted by molar-refractivity contribution is 5.19. The van der Waals surface area contributed by atoms with Crippen molar-refractivity contribution in [3.8, 4) is 0 Å². The van der Waals surface area contributed by atoms with Crippen molar-refractivity contribution >= 4 is 0 Å². The molecule has 1 heterocycles. The van der Waals surface area contributed by atoms with Crippen LogP contribution in [0.5, 0.6) is 0 Å². The molecular weight excluding hydrogens is 207 g/mol. The molecule has 0 atom stereocenters. The van der Waals surface area contributed by atoms with Crippen LogP contribution in [0.15, 0.2) is 6.20 Å². The number of H-pyrrole nitrogens is 1. The largest absolute Gasteiger partial charge is 0.419 e. The summed E-state index contributed by atoms with van der Waals surface area (Å²) in [6, 6.07) is 0. The minimum Gasteiger partial charge on any atom is -0.282 e. The van der Waals surface area contributed by atoms with Crippen molar-refractivity contribution in [3.63, 3.8) is 0 Å². The molecule has 0 fully saturated rings. The zero-order valence-corrected chi connectivity index (χ0v) is 6.91. The van der Waals surface area contributed by atoms with E-state index in [9.17, 15) is 22.0 Å². The second kappa shape index (κ2) is 3.93. The molecule has 1 N–H and O–H groups in total. The zero-order chi connectivity index (χ0) is 10.8. The maximum absolute atomic E-state index is 12.2. The molecule has 0 aliphatic rings. The van der Waals surface area contributed by atoms with Crippen molar-refractivity contribution in [1.29, 1.82) is 0 Å². The highest BCUT2D eigenvalue weighted by atomic mass is 19.4. The molecule has 0 unspecified atom stereocenters. The Morgan fingerprint density at radius 2 is 2.00 bits per heavy atom. The number of nitrogens with one attached hydrogen (secondary N) is 1. The second-order valence-corrected chi connectivity index (χ2v) is 2.69. The fourth-order valence-electron chi connectivity index (χ4n) is 1.00. The summed E-state index contributed by atoms with van der Waals surface area (Å²) in [5.74, 6) is 0. The molecule has 0 aliphatic carbocycles. The molecule has 0 saturated carbocycles. The molecule has 1 aromatic heterocycles. The van der Waals surface area contributed by atoms with E-state index in [-0.39, 0.29) is 12.1 Å². The number of alkyl halides is 5. The van der Waals surface area contributed by atoms with Gasteiger partial charge in [0.2, 0.25) is 6.43 Å². The summed E-state index contributed by atoms with van der Waals surface area (Å²) >= 11 is 0. The van der Waals surface area contributed by atoms with Crippen LogP contribution in [0.2, 0.25) is 0 Å². The van der Waals surface area contributed by atoms with Gasteiger partial charge in [-0.05, 0) is 6.42 Å². The average molecular weight is 214 g/mol. The van der Waals surface area contributed by atoms with Crippen LogP contribution in [0.1, 0.15) is 17.7 Å². The molecule has 0 saturated heterocycles. The highest BCUT2D eigenvalue weighted by Gasteiger charge is 2.34. The molecule has 0 aliphatic heterocycles. The molecule has 0 radical (unpaired) electrons. The van der Waals surface area contributed by atoms with Gasteiger partial charge >= 0.3 is 6.18 Å². The Balaban J connectivity index is 2.73. The van der Waals surface area contributed by atoms with Gasteiger partial charge in [0.15, 0.2) is 0 Å². The van der Waals surface area contributed by atoms with E-state index in [1.807, 2.05) is 0 Å². The molecule has 0 aromatic carbocycles. The number of aromatic nitrogens is 2. The Bertz CT molecular complexity index is 291. The first-order valence-corrected chi connectivity index (χ1v) is 3.79. The van der Waals surface area contributed by atoms with Crippen molar-refractivity contribution < 1.29 is 22.0 Å². The molecule has 1 rings (SSSR count). The van der Waals surface area contributed by atoms with Crippen LogP contribution >= 0.6 is 0 Å². The van der Waals surface area contributed by atoms with Crippen molar-refractivity contribution in [2.24, 2.45) is 0 Å². The molecule has 2 nitrogen and oxygen atoms in total. The average Bonchev–Trinajstić information content (AvgIpc) is 2.46. The maximum Gasteiger partial charge on any atom is 0.419 e. The van der Waals surface area contributed by atoms with Crippen LogP contribution in [-0.4, -0.2) is 16.6 Å². The number of hydrogen-bond acceptors (Lipinski definition) is 1. The summed E-state index contributed by atoms with van der Waals surface area (Å²) in [5.41, 5.74) is -1.27. The Kier molecular flexibility index (Phi) is 3.07. The van der Waals surface area contributed by atoms with E-state index in [0.717, 1.165) is 0 Å². The van der Waals surface area contributed by atoms with E-state index in [0.29, 0.717) is 6.20 Å². The van der Waals surface area contributed by atoms with Crippen LogP contribution in [0, 0.1) is 0 Å².